The van der Waals surface area contributed by atoms with Crippen LogP contribution in [0.25, 0.3) is 0 Å². The first-order valence-corrected chi connectivity index (χ1v) is 7.02. The van der Waals surface area contributed by atoms with Crippen LogP contribution in [0.4, 0.5) is 0 Å². The summed E-state index contributed by atoms with van der Waals surface area (Å²) < 4.78 is 0. The Kier molecular flexibility index (Phi) is 6.48. The summed E-state index contributed by atoms with van der Waals surface area (Å²) in [5.74, 6) is -0.260. The molecular weight excluding hydrogens is 224 g/mol. The molecule has 1 N–H and O–H groups in total. The van der Waals surface area contributed by atoms with Gasteiger partial charge in [0.25, 0.3) is 0 Å². The Labute approximate surface area is 110 Å². The number of carbonyl (C=O) groups is 1. The second-order valence-electron chi connectivity index (χ2n) is 4.91. The lowest BCUT2D eigenvalue weighted by atomic mass is 9.89. The van der Waals surface area contributed by atoms with Crippen LogP contribution in [-0.4, -0.2) is 11.1 Å². The average Bonchev–Trinajstić information content (AvgIpc) is 2.38. The van der Waals surface area contributed by atoms with E-state index in [0.29, 0.717) is 11.5 Å². The normalized spacial score (nSPS) is 12.3. The first-order chi connectivity index (χ1) is 8.69. The molecule has 2 heteroatoms. The maximum atomic E-state index is 10.8. The van der Waals surface area contributed by atoms with E-state index in [1.54, 1.807) is 12.1 Å². The highest BCUT2D eigenvalue weighted by Crippen LogP contribution is 2.27. The molecule has 0 fully saturated rings. The standard InChI is InChI=1S/C16H24O2/c1-3-5-6-8-13(7-4-2)14-9-11-15(12-10-14)16(17)18/h9-13H,3-8H2,1-2H3,(H,17,18). The van der Waals surface area contributed by atoms with Gasteiger partial charge in [-0.2, -0.15) is 0 Å². The Morgan fingerprint density at radius 2 is 1.72 bits per heavy atom. The van der Waals surface area contributed by atoms with Crippen molar-refractivity contribution in [3.8, 4) is 0 Å². The van der Waals surface area contributed by atoms with Gasteiger partial charge in [-0.3, -0.25) is 0 Å². The molecule has 0 heterocycles. The number of aromatic carboxylic acids is 1. The van der Waals surface area contributed by atoms with Crippen molar-refractivity contribution in [3.05, 3.63) is 35.4 Å². The van der Waals surface area contributed by atoms with E-state index >= 15 is 0 Å². The second-order valence-corrected chi connectivity index (χ2v) is 4.91. The molecule has 0 aliphatic heterocycles. The molecule has 100 valence electrons. The van der Waals surface area contributed by atoms with Gasteiger partial charge in [0.15, 0.2) is 0 Å². The van der Waals surface area contributed by atoms with Gasteiger partial charge in [0.05, 0.1) is 5.56 Å². The number of unbranched alkanes of at least 4 members (excludes halogenated alkanes) is 2. The highest BCUT2D eigenvalue weighted by atomic mass is 16.4. The van der Waals surface area contributed by atoms with Gasteiger partial charge < -0.3 is 5.11 Å². The summed E-state index contributed by atoms with van der Waals surface area (Å²) in [5.41, 5.74) is 1.67. The van der Waals surface area contributed by atoms with Crippen LogP contribution in [-0.2, 0) is 0 Å². The minimum Gasteiger partial charge on any atom is -0.478 e. The lowest BCUT2D eigenvalue weighted by Gasteiger charge is -2.16. The molecule has 1 unspecified atom stereocenters. The van der Waals surface area contributed by atoms with Crippen LogP contribution >= 0.6 is 0 Å². The first kappa shape index (κ1) is 14.7. The van der Waals surface area contributed by atoms with E-state index in [-0.39, 0.29) is 0 Å². The average molecular weight is 248 g/mol. The zero-order valence-corrected chi connectivity index (χ0v) is 11.5. The molecule has 2 nitrogen and oxygen atoms in total. The fraction of sp³-hybridized carbons (Fsp3) is 0.562. The lowest BCUT2D eigenvalue weighted by Crippen LogP contribution is -2.01. The van der Waals surface area contributed by atoms with Crippen LogP contribution in [0.2, 0.25) is 0 Å². The predicted molar refractivity (Wildman–Crippen MR) is 75.2 cm³/mol. The molecule has 0 saturated heterocycles. The van der Waals surface area contributed by atoms with Crippen LogP contribution in [0.3, 0.4) is 0 Å². The molecule has 0 radical (unpaired) electrons. The van der Waals surface area contributed by atoms with Gasteiger partial charge in [-0.1, -0.05) is 51.7 Å². The Balaban J connectivity index is 2.68. The molecule has 1 rings (SSSR count). The summed E-state index contributed by atoms with van der Waals surface area (Å²) in [4.78, 5) is 10.8. The largest absolute Gasteiger partial charge is 0.478 e. The number of carboxylic acids is 1. The Bertz CT molecular complexity index is 354. The van der Waals surface area contributed by atoms with Gasteiger partial charge in [0, 0.05) is 0 Å². The SMILES string of the molecule is CCCCCC(CCC)c1ccc(C(=O)O)cc1. The number of hydrogen-bond acceptors (Lipinski definition) is 1. The summed E-state index contributed by atoms with van der Waals surface area (Å²) in [6.45, 7) is 4.43. The zero-order valence-electron chi connectivity index (χ0n) is 11.5. The van der Waals surface area contributed by atoms with Crippen LogP contribution in [0.1, 0.15) is 74.2 Å². The Morgan fingerprint density at radius 3 is 2.22 bits per heavy atom. The highest BCUT2D eigenvalue weighted by Gasteiger charge is 2.11. The van der Waals surface area contributed by atoms with Crippen molar-refractivity contribution in [1.82, 2.24) is 0 Å². The van der Waals surface area contributed by atoms with E-state index in [4.69, 9.17) is 5.11 Å². The quantitative estimate of drug-likeness (QED) is 0.668. The van der Waals surface area contributed by atoms with Crippen LogP contribution in [0.15, 0.2) is 24.3 Å². The van der Waals surface area contributed by atoms with E-state index in [0.717, 1.165) is 0 Å². The number of benzene rings is 1. The minimum atomic E-state index is -0.848. The molecule has 0 amide bonds. The van der Waals surface area contributed by atoms with E-state index in [1.165, 1.54) is 44.1 Å². The van der Waals surface area contributed by atoms with Gasteiger partial charge in [-0.25, -0.2) is 4.79 Å². The topological polar surface area (TPSA) is 37.3 Å². The highest BCUT2D eigenvalue weighted by molar-refractivity contribution is 5.87. The van der Waals surface area contributed by atoms with Gasteiger partial charge >= 0.3 is 5.97 Å². The summed E-state index contributed by atoms with van der Waals surface area (Å²) in [6.07, 6.45) is 7.38. The molecular formula is C16H24O2. The predicted octanol–water partition coefficient (Wildman–Crippen LogP) is 4.85. The molecule has 1 aromatic carbocycles. The molecule has 0 saturated carbocycles. The summed E-state index contributed by atoms with van der Waals surface area (Å²) in [6, 6.07) is 7.41. The first-order valence-electron chi connectivity index (χ1n) is 7.02. The van der Waals surface area contributed by atoms with Crippen molar-refractivity contribution in [1.29, 1.82) is 0 Å². The van der Waals surface area contributed by atoms with Gasteiger partial charge in [-0.15, -0.1) is 0 Å². The molecule has 0 aliphatic rings. The molecule has 0 aliphatic carbocycles. The zero-order chi connectivity index (χ0) is 13.4. The van der Waals surface area contributed by atoms with Gasteiger partial charge in [0.1, 0.15) is 0 Å². The minimum absolute atomic E-state index is 0.377. The lowest BCUT2D eigenvalue weighted by molar-refractivity contribution is 0.0697. The Morgan fingerprint density at radius 1 is 1.06 bits per heavy atom. The van der Waals surface area contributed by atoms with E-state index < -0.39 is 5.97 Å². The van der Waals surface area contributed by atoms with Crippen molar-refractivity contribution in [3.63, 3.8) is 0 Å². The molecule has 1 aromatic rings. The third kappa shape index (κ3) is 4.52. The van der Waals surface area contributed by atoms with E-state index in [1.807, 2.05) is 12.1 Å². The van der Waals surface area contributed by atoms with Crippen LogP contribution < -0.4 is 0 Å². The molecule has 0 bridgehead atoms. The monoisotopic (exact) mass is 248 g/mol. The summed E-state index contributed by atoms with van der Waals surface area (Å²) >= 11 is 0. The molecule has 1 atom stereocenters. The van der Waals surface area contributed by atoms with Gasteiger partial charge in [-0.05, 0) is 36.5 Å². The maximum absolute atomic E-state index is 10.8. The second kappa shape index (κ2) is 7.91. The van der Waals surface area contributed by atoms with Gasteiger partial charge in [0.2, 0.25) is 0 Å². The summed E-state index contributed by atoms with van der Waals surface area (Å²) in [7, 11) is 0. The van der Waals surface area contributed by atoms with Crippen LogP contribution in [0, 0.1) is 0 Å². The van der Waals surface area contributed by atoms with Crippen LogP contribution in [0.5, 0.6) is 0 Å². The molecule has 0 spiro atoms. The van der Waals surface area contributed by atoms with Crippen molar-refractivity contribution >= 4 is 5.97 Å². The van der Waals surface area contributed by atoms with Crippen molar-refractivity contribution in [2.75, 3.05) is 0 Å². The number of carboxylic acid groups (broad SMARTS) is 1. The van der Waals surface area contributed by atoms with Crippen molar-refractivity contribution in [2.45, 2.75) is 58.3 Å². The fourth-order valence-corrected chi connectivity index (χ4v) is 2.36. The van der Waals surface area contributed by atoms with E-state index in [9.17, 15) is 4.79 Å². The van der Waals surface area contributed by atoms with Crippen molar-refractivity contribution < 1.29 is 9.90 Å². The van der Waals surface area contributed by atoms with Crippen molar-refractivity contribution in [2.24, 2.45) is 0 Å². The Hall–Kier alpha value is -1.31. The fourth-order valence-electron chi connectivity index (χ4n) is 2.36. The smallest absolute Gasteiger partial charge is 0.335 e. The molecule has 0 aromatic heterocycles. The third-order valence-corrected chi connectivity index (χ3v) is 3.42. The summed E-state index contributed by atoms with van der Waals surface area (Å²) in [5, 5.41) is 8.89. The number of hydrogen-bond donors (Lipinski definition) is 1. The number of rotatable bonds is 8. The van der Waals surface area contributed by atoms with E-state index in [2.05, 4.69) is 13.8 Å². The maximum Gasteiger partial charge on any atom is 0.335 e. The third-order valence-electron chi connectivity index (χ3n) is 3.42. The molecule has 18 heavy (non-hydrogen) atoms.